The van der Waals surface area contributed by atoms with Gasteiger partial charge in [-0.3, -0.25) is 19.3 Å². The van der Waals surface area contributed by atoms with Crippen molar-refractivity contribution in [2.45, 2.75) is 19.5 Å². The highest BCUT2D eigenvalue weighted by Crippen LogP contribution is 2.49. The van der Waals surface area contributed by atoms with Crippen LogP contribution in [0.1, 0.15) is 43.1 Å². The summed E-state index contributed by atoms with van der Waals surface area (Å²) in [6.07, 6.45) is -0.165. The molecule has 9 nitrogen and oxygen atoms in total. The molecule has 0 fully saturated rings. The molecule has 2 aromatic carbocycles. The fourth-order valence-corrected chi connectivity index (χ4v) is 5.40. The monoisotopic (exact) mass is 492 g/mol. The van der Waals surface area contributed by atoms with Crippen LogP contribution in [0.4, 0.5) is 5.69 Å². The van der Waals surface area contributed by atoms with E-state index in [0.717, 1.165) is 10.7 Å². The average Bonchev–Trinajstić information content (AvgIpc) is 3.41. The molecule has 3 heterocycles. The van der Waals surface area contributed by atoms with E-state index >= 15 is 0 Å². The lowest BCUT2D eigenvalue weighted by Gasteiger charge is -2.40. The maximum atomic E-state index is 13.7. The second-order valence-corrected chi connectivity index (χ2v) is 9.19. The molecule has 0 radical (unpaired) electrons. The summed E-state index contributed by atoms with van der Waals surface area (Å²) in [4.78, 5) is 47.5. The standard InChI is InChI=1S/C25H24N4O5S/c1-14-13-35-20(27-14)10-11-26-19(30)12-28-23-16-8-9-18(33-2)22(34-3)21(16)25(32)29(23)17-7-5-4-6-15(17)24(28)31/h4-9,13,23H,10-12H2,1-3H3,(H,26,30)/t23-/m1/s1. The molecule has 5 rings (SSSR count). The van der Waals surface area contributed by atoms with Crippen molar-refractivity contribution in [2.75, 3.05) is 32.2 Å². The predicted molar refractivity (Wildman–Crippen MR) is 130 cm³/mol. The van der Waals surface area contributed by atoms with E-state index in [9.17, 15) is 14.4 Å². The Bertz CT molecular complexity index is 1340. The summed E-state index contributed by atoms with van der Waals surface area (Å²) in [5.41, 5.74) is 2.72. The van der Waals surface area contributed by atoms with Crippen molar-refractivity contribution < 1.29 is 23.9 Å². The molecule has 1 N–H and O–H groups in total. The highest BCUT2D eigenvalue weighted by atomic mass is 32.1. The Balaban J connectivity index is 1.47. The Morgan fingerprint density at radius 3 is 2.63 bits per heavy atom. The lowest BCUT2D eigenvalue weighted by molar-refractivity contribution is -0.122. The van der Waals surface area contributed by atoms with E-state index in [1.54, 1.807) is 52.6 Å². The number of benzene rings is 2. The number of rotatable bonds is 7. The quantitative estimate of drug-likeness (QED) is 0.544. The highest BCUT2D eigenvalue weighted by Gasteiger charge is 2.50. The van der Waals surface area contributed by atoms with E-state index in [2.05, 4.69) is 10.3 Å². The fraction of sp³-hybridized carbons (Fsp3) is 0.280. The highest BCUT2D eigenvalue weighted by molar-refractivity contribution is 7.09. The Labute approximate surface area is 206 Å². The molecule has 0 aliphatic carbocycles. The van der Waals surface area contributed by atoms with Gasteiger partial charge >= 0.3 is 0 Å². The first-order valence-electron chi connectivity index (χ1n) is 11.1. The topological polar surface area (TPSA) is 101 Å². The SMILES string of the molecule is COc1ccc2c(c1OC)C(=O)N1c3ccccc3C(=O)N(CC(=O)NCCc3nc(C)cs3)[C@@H]21. The normalized spacial score (nSPS) is 16.0. The summed E-state index contributed by atoms with van der Waals surface area (Å²) >= 11 is 1.55. The van der Waals surface area contributed by atoms with E-state index in [0.29, 0.717) is 46.8 Å². The maximum Gasteiger partial charge on any atom is 0.264 e. The summed E-state index contributed by atoms with van der Waals surface area (Å²) in [6.45, 7) is 2.13. The lowest BCUT2D eigenvalue weighted by Crippen LogP contribution is -2.51. The van der Waals surface area contributed by atoms with Gasteiger partial charge in [0.15, 0.2) is 11.5 Å². The molecule has 2 aliphatic rings. The van der Waals surface area contributed by atoms with Gasteiger partial charge < -0.3 is 19.7 Å². The number of aryl methyl sites for hydroxylation is 1. The number of nitrogens with one attached hydrogen (secondary N) is 1. The Kier molecular flexibility index (Phi) is 5.89. The largest absolute Gasteiger partial charge is 0.493 e. The van der Waals surface area contributed by atoms with Gasteiger partial charge in [-0.25, -0.2) is 4.98 Å². The summed E-state index contributed by atoms with van der Waals surface area (Å²) in [5, 5.41) is 5.78. The number of para-hydroxylation sites is 1. The molecule has 1 atom stereocenters. The lowest BCUT2D eigenvalue weighted by atomic mass is 10.0. The molecule has 0 spiro atoms. The molecule has 2 aliphatic heterocycles. The van der Waals surface area contributed by atoms with Gasteiger partial charge in [0.1, 0.15) is 12.7 Å². The maximum absolute atomic E-state index is 13.7. The number of nitrogens with zero attached hydrogens (tertiary/aromatic N) is 3. The molecule has 0 unspecified atom stereocenters. The second kappa shape index (κ2) is 9.03. The minimum Gasteiger partial charge on any atom is -0.493 e. The van der Waals surface area contributed by atoms with Crippen molar-refractivity contribution in [2.24, 2.45) is 0 Å². The molecular formula is C25H24N4O5S. The van der Waals surface area contributed by atoms with E-state index in [1.807, 2.05) is 12.3 Å². The van der Waals surface area contributed by atoms with Crippen LogP contribution in [0.5, 0.6) is 11.5 Å². The molecule has 3 aromatic rings. The fourth-order valence-electron chi connectivity index (χ4n) is 4.62. The summed E-state index contributed by atoms with van der Waals surface area (Å²) in [5.74, 6) is -0.223. The van der Waals surface area contributed by atoms with Gasteiger partial charge in [0, 0.05) is 29.6 Å². The minimum atomic E-state index is -0.771. The number of thiazole rings is 1. The Morgan fingerprint density at radius 2 is 1.91 bits per heavy atom. The Hall–Kier alpha value is -3.92. The van der Waals surface area contributed by atoms with Gasteiger partial charge in [-0.1, -0.05) is 18.2 Å². The second-order valence-electron chi connectivity index (χ2n) is 8.25. The number of ether oxygens (including phenoxy) is 2. The molecule has 1 aromatic heterocycles. The first kappa shape index (κ1) is 22.9. The number of methoxy groups -OCH3 is 2. The first-order chi connectivity index (χ1) is 16.9. The third kappa shape index (κ3) is 3.79. The molecule has 0 bridgehead atoms. The number of carbonyl (C=O) groups excluding carboxylic acids is 3. The van der Waals surface area contributed by atoms with Crippen LogP contribution in [-0.2, 0) is 11.2 Å². The van der Waals surface area contributed by atoms with Crippen molar-refractivity contribution in [3.8, 4) is 11.5 Å². The number of aromatic nitrogens is 1. The van der Waals surface area contributed by atoms with Crippen LogP contribution in [-0.4, -0.2) is 54.9 Å². The van der Waals surface area contributed by atoms with Gasteiger partial charge in [-0.05, 0) is 25.1 Å². The van der Waals surface area contributed by atoms with E-state index in [1.165, 1.54) is 19.1 Å². The number of hydrogen-bond acceptors (Lipinski definition) is 7. The van der Waals surface area contributed by atoms with Crippen molar-refractivity contribution in [3.05, 3.63) is 69.2 Å². The van der Waals surface area contributed by atoms with E-state index in [4.69, 9.17) is 9.47 Å². The number of fused-ring (bicyclic) bond motifs is 5. The smallest absolute Gasteiger partial charge is 0.264 e. The average molecular weight is 493 g/mol. The molecule has 10 heteroatoms. The summed E-state index contributed by atoms with van der Waals surface area (Å²) < 4.78 is 10.9. The summed E-state index contributed by atoms with van der Waals surface area (Å²) in [6, 6.07) is 10.4. The third-order valence-electron chi connectivity index (χ3n) is 6.12. The van der Waals surface area contributed by atoms with Gasteiger partial charge in [-0.15, -0.1) is 11.3 Å². The van der Waals surface area contributed by atoms with Crippen LogP contribution in [0.3, 0.4) is 0 Å². The Morgan fingerprint density at radius 1 is 1.11 bits per heavy atom. The van der Waals surface area contributed by atoms with Crippen LogP contribution in [0.15, 0.2) is 41.8 Å². The molecular weight excluding hydrogens is 468 g/mol. The number of hydrogen-bond donors (Lipinski definition) is 1. The van der Waals surface area contributed by atoms with Gasteiger partial charge in [0.25, 0.3) is 11.8 Å². The zero-order valence-corrected chi connectivity index (χ0v) is 20.3. The summed E-state index contributed by atoms with van der Waals surface area (Å²) in [7, 11) is 2.97. The van der Waals surface area contributed by atoms with Gasteiger partial charge in [0.05, 0.1) is 36.0 Å². The van der Waals surface area contributed by atoms with E-state index in [-0.39, 0.29) is 24.3 Å². The number of anilines is 1. The van der Waals surface area contributed by atoms with Crippen LogP contribution in [0.2, 0.25) is 0 Å². The number of carbonyl (C=O) groups is 3. The van der Waals surface area contributed by atoms with Gasteiger partial charge in [0.2, 0.25) is 5.91 Å². The minimum absolute atomic E-state index is 0.202. The molecule has 0 saturated carbocycles. The zero-order valence-electron chi connectivity index (χ0n) is 19.5. The van der Waals surface area contributed by atoms with Crippen molar-refractivity contribution >= 4 is 34.7 Å². The molecule has 35 heavy (non-hydrogen) atoms. The van der Waals surface area contributed by atoms with Crippen LogP contribution in [0.25, 0.3) is 0 Å². The van der Waals surface area contributed by atoms with Crippen LogP contribution in [0, 0.1) is 6.92 Å². The zero-order chi connectivity index (χ0) is 24.7. The van der Waals surface area contributed by atoms with Crippen molar-refractivity contribution in [1.82, 2.24) is 15.2 Å². The van der Waals surface area contributed by atoms with Crippen LogP contribution < -0.4 is 19.7 Å². The van der Waals surface area contributed by atoms with Crippen molar-refractivity contribution in [3.63, 3.8) is 0 Å². The molecule has 3 amide bonds. The van der Waals surface area contributed by atoms with Crippen LogP contribution >= 0.6 is 11.3 Å². The predicted octanol–water partition coefficient (Wildman–Crippen LogP) is 2.94. The van der Waals surface area contributed by atoms with Crippen molar-refractivity contribution in [1.29, 1.82) is 0 Å². The van der Waals surface area contributed by atoms with E-state index < -0.39 is 6.17 Å². The third-order valence-corrected chi connectivity index (χ3v) is 7.15. The molecule has 0 saturated heterocycles. The van der Waals surface area contributed by atoms with Gasteiger partial charge in [-0.2, -0.15) is 0 Å². The molecule has 180 valence electrons. The first-order valence-corrected chi connectivity index (χ1v) is 12.0. The number of amides is 3.